The fraction of sp³-hybridized carbons (Fsp3) is 0.684. The first-order valence-corrected chi connectivity index (χ1v) is 8.57. The summed E-state index contributed by atoms with van der Waals surface area (Å²) in [6.45, 7) is 13.4. The van der Waals surface area contributed by atoms with Crippen LogP contribution in [0.4, 0.5) is 5.69 Å². The van der Waals surface area contributed by atoms with Gasteiger partial charge in [-0.2, -0.15) is 0 Å². The number of aryl methyl sites for hydroxylation is 1. The SMILES string of the molecule is Cc1cc(N(CCC(C)C)C2CC2)ccc1CNC(C)C. The summed E-state index contributed by atoms with van der Waals surface area (Å²) in [6, 6.07) is 8.35. The minimum Gasteiger partial charge on any atom is -0.369 e. The van der Waals surface area contributed by atoms with Crippen LogP contribution in [0.2, 0.25) is 0 Å². The Kier molecular flexibility index (Phi) is 5.69. The van der Waals surface area contributed by atoms with E-state index in [-0.39, 0.29) is 0 Å². The molecule has 0 unspecified atom stereocenters. The Morgan fingerprint density at radius 2 is 1.90 bits per heavy atom. The summed E-state index contributed by atoms with van der Waals surface area (Å²) in [5.41, 5.74) is 4.26. The normalized spacial score (nSPS) is 15.0. The minimum atomic E-state index is 0.540. The van der Waals surface area contributed by atoms with E-state index in [9.17, 15) is 0 Å². The number of rotatable bonds is 8. The molecule has 2 rings (SSSR count). The van der Waals surface area contributed by atoms with E-state index in [1.165, 1.54) is 42.6 Å². The zero-order valence-electron chi connectivity index (χ0n) is 14.4. The van der Waals surface area contributed by atoms with E-state index in [0.717, 1.165) is 18.5 Å². The van der Waals surface area contributed by atoms with E-state index in [4.69, 9.17) is 0 Å². The Balaban J connectivity index is 2.05. The van der Waals surface area contributed by atoms with Crippen molar-refractivity contribution in [3.63, 3.8) is 0 Å². The molecule has 1 saturated carbocycles. The number of nitrogens with zero attached hydrogens (tertiary/aromatic N) is 1. The Hall–Kier alpha value is -1.02. The summed E-state index contributed by atoms with van der Waals surface area (Å²) in [5, 5.41) is 3.51. The molecular formula is C19H32N2. The fourth-order valence-corrected chi connectivity index (χ4v) is 2.68. The van der Waals surface area contributed by atoms with E-state index >= 15 is 0 Å². The van der Waals surface area contributed by atoms with Gasteiger partial charge in [-0.05, 0) is 55.4 Å². The van der Waals surface area contributed by atoms with Gasteiger partial charge in [-0.3, -0.25) is 0 Å². The van der Waals surface area contributed by atoms with Crippen LogP contribution in [0.1, 0.15) is 58.1 Å². The highest BCUT2D eigenvalue weighted by Gasteiger charge is 2.29. The van der Waals surface area contributed by atoms with Crippen LogP contribution in [0.5, 0.6) is 0 Å². The molecule has 0 atom stereocenters. The molecule has 0 amide bonds. The second kappa shape index (κ2) is 7.31. The maximum absolute atomic E-state index is 3.51. The Morgan fingerprint density at radius 3 is 2.43 bits per heavy atom. The van der Waals surface area contributed by atoms with Crippen molar-refractivity contribution in [2.24, 2.45) is 5.92 Å². The van der Waals surface area contributed by atoms with Gasteiger partial charge in [0, 0.05) is 30.9 Å². The summed E-state index contributed by atoms with van der Waals surface area (Å²) in [6.07, 6.45) is 4.02. The van der Waals surface area contributed by atoms with Crippen molar-refractivity contribution in [2.75, 3.05) is 11.4 Å². The summed E-state index contributed by atoms with van der Waals surface area (Å²) >= 11 is 0. The summed E-state index contributed by atoms with van der Waals surface area (Å²) < 4.78 is 0. The lowest BCUT2D eigenvalue weighted by atomic mass is 10.1. The second-order valence-electron chi connectivity index (χ2n) is 7.25. The molecule has 0 heterocycles. The fourth-order valence-electron chi connectivity index (χ4n) is 2.68. The van der Waals surface area contributed by atoms with Crippen LogP contribution in [-0.4, -0.2) is 18.6 Å². The highest BCUT2D eigenvalue weighted by molar-refractivity contribution is 5.52. The predicted molar refractivity (Wildman–Crippen MR) is 93.0 cm³/mol. The molecule has 0 radical (unpaired) electrons. The Morgan fingerprint density at radius 1 is 1.19 bits per heavy atom. The van der Waals surface area contributed by atoms with Gasteiger partial charge in [0.25, 0.3) is 0 Å². The van der Waals surface area contributed by atoms with Crippen molar-refractivity contribution in [3.05, 3.63) is 29.3 Å². The van der Waals surface area contributed by atoms with Crippen molar-refractivity contribution >= 4 is 5.69 Å². The van der Waals surface area contributed by atoms with Crippen LogP contribution in [0.15, 0.2) is 18.2 Å². The molecule has 1 aromatic carbocycles. The maximum atomic E-state index is 3.51. The minimum absolute atomic E-state index is 0.540. The zero-order valence-corrected chi connectivity index (χ0v) is 14.4. The van der Waals surface area contributed by atoms with Crippen molar-refractivity contribution in [1.29, 1.82) is 0 Å². The number of nitrogens with one attached hydrogen (secondary N) is 1. The standard InChI is InChI=1S/C19H32N2/c1-14(2)10-11-21(18-8-9-18)19-7-6-17(16(5)12-19)13-20-15(3)4/h6-7,12,14-15,18,20H,8-11,13H2,1-5H3. The van der Waals surface area contributed by atoms with Crippen molar-refractivity contribution < 1.29 is 0 Å². The molecule has 0 aliphatic heterocycles. The molecule has 0 bridgehead atoms. The Bertz CT molecular complexity index is 447. The van der Waals surface area contributed by atoms with Gasteiger partial charge in [0.05, 0.1) is 0 Å². The molecule has 21 heavy (non-hydrogen) atoms. The van der Waals surface area contributed by atoms with E-state index in [0.29, 0.717) is 6.04 Å². The van der Waals surface area contributed by atoms with Crippen molar-refractivity contribution in [1.82, 2.24) is 5.32 Å². The van der Waals surface area contributed by atoms with E-state index in [2.05, 4.69) is 63.0 Å². The molecule has 0 saturated heterocycles. The molecule has 1 N–H and O–H groups in total. The third-order valence-electron chi connectivity index (χ3n) is 4.29. The van der Waals surface area contributed by atoms with Crippen LogP contribution in [0.25, 0.3) is 0 Å². The molecule has 2 heteroatoms. The first-order chi connectivity index (χ1) is 9.97. The summed E-state index contributed by atoms with van der Waals surface area (Å²) in [4.78, 5) is 2.63. The van der Waals surface area contributed by atoms with Crippen LogP contribution in [0.3, 0.4) is 0 Å². The zero-order chi connectivity index (χ0) is 15.4. The molecule has 0 spiro atoms. The topological polar surface area (TPSA) is 15.3 Å². The largest absolute Gasteiger partial charge is 0.369 e. The number of benzene rings is 1. The maximum Gasteiger partial charge on any atom is 0.0371 e. The van der Waals surface area contributed by atoms with Gasteiger partial charge in [0.15, 0.2) is 0 Å². The van der Waals surface area contributed by atoms with Crippen molar-refractivity contribution in [3.8, 4) is 0 Å². The lowest BCUT2D eigenvalue weighted by Crippen LogP contribution is -2.28. The van der Waals surface area contributed by atoms with Gasteiger partial charge < -0.3 is 10.2 Å². The summed E-state index contributed by atoms with van der Waals surface area (Å²) in [5.74, 6) is 0.780. The molecule has 2 nitrogen and oxygen atoms in total. The van der Waals surface area contributed by atoms with Gasteiger partial charge >= 0.3 is 0 Å². The first kappa shape index (κ1) is 16.4. The quantitative estimate of drug-likeness (QED) is 0.757. The molecule has 1 aliphatic rings. The molecule has 0 aromatic heterocycles. The van der Waals surface area contributed by atoms with Gasteiger partial charge in [-0.1, -0.05) is 33.8 Å². The Labute approximate surface area is 130 Å². The molecule has 1 fully saturated rings. The van der Waals surface area contributed by atoms with E-state index in [1.54, 1.807) is 0 Å². The number of hydrogen-bond donors (Lipinski definition) is 1. The second-order valence-corrected chi connectivity index (χ2v) is 7.25. The predicted octanol–water partition coefficient (Wildman–Crippen LogP) is 4.51. The highest BCUT2D eigenvalue weighted by atomic mass is 15.2. The van der Waals surface area contributed by atoms with Gasteiger partial charge in [0.1, 0.15) is 0 Å². The number of hydrogen-bond acceptors (Lipinski definition) is 2. The first-order valence-electron chi connectivity index (χ1n) is 8.57. The van der Waals surface area contributed by atoms with Crippen LogP contribution in [-0.2, 0) is 6.54 Å². The van der Waals surface area contributed by atoms with Gasteiger partial charge in [-0.15, -0.1) is 0 Å². The molecule has 1 aromatic rings. The average molecular weight is 288 g/mol. The van der Waals surface area contributed by atoms with Gasteiger partial charge in [0.2, 0.25) is 0 Å². The van der Waals surface area contributed by atoms with E-state index in [1.807, 2.05) is 0 Å². The third kappa shape index (κ3) is 5.03. The monoisotopic (exact) mass is 288 g/mol. The van der Waals surface area contributed by atoms with E-state index < -0.39 is 0 Å². The molecule has 1 aliphatic carbocycles. The lowest BCUT2D eigenvalue weighted by molar-refractivity contribution is 0.570. The van der Waals surface area contributed by atoms with Crippen LogP contribution in [0, 0.1) is 12.8 Å². The molecule has 118 valence electrons. The average Bonchev–Trinajstić information content (AvgIpc) is 3.22. The lowest BCUT2D eigenvalue weighted by Gasteiger charge is -2.26. The molecular weight excluding hydrogens is 256 g/mol. The van der Waals surface area contributed by atoms with Crippen LogP contribution < -0.4 is 10.2 Å². The van der Waals surface area contributed by atoms with Crippen molar-refractivity contribution in [2.45, 2.75) is 72.5 Å². The smallest absolute Gasteiger partial charge is 0.0371 e. The van der Waals surface area contributed by atoms with Crippen LogP contribution >= 0.6 is 0 Å². The van der Waals surface area contributed by atoms with Gasteiger partial charge in [-0.25, -0.2) is 0 Å². The third-order valence-corrected chi connectivity index (χ3v) is 4.29. The summed E-state index contributed by atoms with van der Waals surface area (Å²) in [7, 11) is 0. The number of anilines is 1. The highest BCUT2D eigenvalue weighted by Crippen LogP contribution is 2.33.